The number of hydrogen-bond acceptors (Lipinski definition) is 5. The lowest BCUT2D eigenvalue weighted by Gasteiger charge is -2.38. The summed E-state index contributed by atoms with van der Waals surface area (Å²) in [6.07, 6.45) is -3.87. The van der Waals surface area contributed by atoms with Crippen molar-refractivity contribution in [1.29, 1.82) is 0 Å². The first-order valence-corrected chi connectivity index (χ1v) is 21.9. The molecule has 2 aromatic rings. The Balaban J connectivity index is 1.87. The van der Waals surface area contributed by atoms with E-state index in [1.165, 1.54) is 17.8 Å². The maximum atomic E-state index is 12.4. The molecule has 0 spiro atoms. The molecule has 0 fully saturated rings. The Morgan fingerprint density at radius 3 is 1.83 bits per heavy atom. The SMILES string of the molecule is C[Si](C)(C)C[Si](C)(CCCOc1ccc(C(=O)Oc2ccc(OC(F)(F)F)cc2)cc1)O[Si](C)(C)C. The highest BCUT2D eigenvalue weighted by Crippen LogP contribution is 2.29. The average molecular weight is 559 g/mol. The molecule has 0 saturated heterocycles. The van der Waals surface area contributed by atoms with Crippen molar-refractivity contribution in [3.8, 4) is 17.2 Å². The molecule has 0 aliphatic carbocycles. The topological polar surface area (TPSA) is 54.0 Å². The first-order chi connectivity index (χ1) is 16.4. The van der Waals surface area contributed by atoms with E-state index in [4.69, 9.17) is 13.6 Å². The van der Waals surface area contributed by atoms with Gasteiger partial charge >= 0.3 is 12.3 Å². The molecule has 0 amide bonds. The Bertz CT molecular complexity index is 966. The molecule has 1 unspecified atom stereocenters. The van der Waals surface area contributed by atoms with Gasteiger partial charge in [-0.05, 0) is 92.9 Å². The van der Waals surface area contributed by atoms with E-state index in [1.54, 1.807) is 24.3 Å². The number of rotatable bonds is 12. The molecule has 36 heavy (non-hydrogen) atoms. The van der Waals surface area contributed by atoms with Crippen LogP contribution in [0.1, 0.15) is 16.8 Å². The third-order valence-corrected chi connectivity index (χ3v) is 18.0. The van der Waals surface area contributed by atoms with Gasteiger partial charge in [-0.25, -0.2) is 4.79 Å². The molecule has 0 bridgehead atoms. The van der Waals surface area contributed by atoms with Crippen LogP contribution >= 0.6 is 0 Å². The van der Waals surface area contributed by atoms with Gasteiger partial charge in [-0.15, -0.1) is 13.2 Å². The minimum atomic E-state index is -4.78. The van der Waals surface area contributed by atoms with E-state index in [9.17, 15) is 18.0 Å². The highest BCUT2D eigenvalue weighted by molar-refractivity contribution is 6.96. The molecule has 0 aromatic heterocycles. The zero-order valence-electron chi connectivity index (χ0n) is 22.1. The Morgan fingerprint density at radius 2 is 1.33 bits per heavy atom. The van der Waals surface area contributed by atoms with Crippen molar-refractivity contribution in [1.82, 2.24) is 0 Å². The normalized spacial score (nSPS) is 14.2. The van der Waals surface area contributed by atoms with Gasteiger partial charge < -0.3 is 18.3 Å². The zero-order valence-corrected chi connectivity index (χ0v) is 25.1. The van der Waals surface area contributed by atoms with Gasteiger partial charge in [0, 0.05) is 8.07 Å². The minimum absolute atomic E-state index is 0.112. The molecule has 0 heterocycles. The van der Waals surface area contributed by atoms with Crippen LogP contribution in [0.4, 0.5) is 13.2 Å². The third-order valence-electron chi connectivity index (χ3n) is 4.93. The van der Waals surface area contributed by atoms with Crippen LogP contribution in [0.25, 0.3) is 0 Å². The zero-order chi connectivity index (χ0) is 27.2. The van der Waals surface area contributed by atoms with E-state index in [0.717, 1.165) is 24.6 Å². The van der Waals surface area contributed by atoms with Gasteiger partial charge in [0.15, 0.2) is 16.6 Å². The summed E-state index contributed by atoms with van der Waals surface area (Å²) in [7, 11) is -4.69. The van der Waals surface area contributed by atoms with Crippen LogP contribution in [0.15, 0.2) is 48.5 Å². The molecule has 200 valence electrons. The number of benzene rings is 2. The fraction of sp³-hybridized carbons (Fsp3) is 0.480. The lowest BCUT2D eigenvalue weighted by Crippen LogP contribution is -2.49. The van der Waals surface area contributed by atoms with Crippen LogP contribution in [0, 0.1) is 0 Å². The fourth-order valence-electron chi connectivity index (χ4n) is 4.24. The maximum Gasteiger partial charge on any atom is 0.573 e. The predicted octanol–water partition coefficient (Wildman–Crippen LogP) is 7.88. The Kier molecular flexibility index (Phi) is 10.0. The number of ether oxygens (including phenoxy) is 3. The molecule has 2 rings (SSSR count). The van der Waals surface area contributed by atoms with Crippen molar-refractivity contribution in [3.05, 3.63) is 54.1 Å². The fourth-order valence-corrected chi connectivity index (χ4v) is 22.1. The number of halogens is 3. The summed E-state index contributed by atoms with van der Waals surface area (Å²) in [5.74, 6) is -0.247. The number of hydrogen-bond donors (Lipinski definition) is 0. The lowest BCUT2D eigenvalue weighted by molar-refractivity contribution is -0.274. The van der Waals surface area contributed by atoms with Crippen LogP contribution in [-0.2, 0) is 4.12 Å². The highest BCUT2D eigenvalue weighted by atomic mass is 28.4. The second-order valence-electron chi connectivity index (χ2n) is 11.3. The number of alkyl halides is 3. The molecule has 0 saturated carbocycles. The van der Waals surface area contributed by atoms with Crippen molar-refractivity contribution < 1.29 is 36.3 Å². The first-order valence-electron chi connectivity index (χ1n) is 11.9. The lowest BCUT2D eigenvalue weighted by atomic mass is 10.2. The Hall–Kier alpha value is -2.09. The van der Waals surface area contributed by atoms with Crippen molar-refractivity contribution in [3.63, 3.8) is 0 Å². The predicted molar refractivity (Wildman–Crippen MR) is 144 cm³/mol. The van der Waals surface area contributed by atoms with Crippen LogP contribution in [0.2, 0.25) is 57.5 Å². The van der Waals surface area contributed by atoms with E-state index >= 15 is 0 Å². The van der Waals surface area contributed by atoms with Crippen molar-refractivity contribution in [2.24, 2.45) is 0 Å². The summed E-state index contributed by atoms with van der Waals surface area (Å²) in [6.45, 7) is 16.9. The van der Waals surface area contributed by atoms with Crippen molar-refractivity contribution in [2.45, 2.75) is 70.3 Å². The largest absolute Gasteiger partial charge is 0.573 e. The summed E-state index contributed by atoms with van der Waals surface area (Å²) in [6, 6.07) is 12.3. The summed E-state index contributed by atoms with van der Waals surface area (Å²) in [4.78, 5) is 12.4. The highest BCUT2D eigenvalue weighted by Gasteiger charge is 2.38. The van der Waals surface area contributed by atoms with E-state index in [1.807, 2.05) is 0 Å². The van der Waals surface area contributed by atoms with Crippen LogP contribution in [0.5, 0.6) is 17.2 Å². The minimum Gasteiger partial charge on any atom is -0.494 e. The Labute approximate surface area is 215 Å². The molecule has 0 N–H and O–H groups in total. The van der Waals surface area contributed by atoms with Crippen molar-refractivity contribution in [2.75, 3.05) is 6.61 Å². The molecule has 11 heteroatoms. The molecule has 0 aliphatic heterocycles. The average Bonchev–Trinajstić information content (AvgIpc) is 2.69. The van der Waals surface area contributed by atoms with E-state index in [-0.39, 0.29) is 11.5 Å². The summed E-state index contributed by atoms with van der Waals surface area (Å²) >= 11 is 0. The molecule has 5 nitrogen and oxygen atoms in total. The molecule has 1 atom stereocenters. The van der Waals surface area contributed by atoms with Gasteiger partial charge in [-0.2, -0.15) is 0 Å². The first kappa shape index (κ1) is 30.1. The number of esters is 1. The molecule has 2 aromatic carbocycles. The van der Waals surface area contributed by atoms with Gasteiger partial charge in [0.25, 0.3) is 0 Å². The van der Waals surface area contributed by atoms with E-state index in [2.05, 4.69) is 50.6 Å². The third kappa shape index (κ3) is 11.8. The Morgan fingerprint density at radius 1 is 0.806 bits per heavy atom. The molecular formula is C25H37F3O5Si3. The van der Waals surface area contributed by atoms with Crippen LogP contribution < -0.4 is 14.2 Å². The second-order valence-corrected chi connectivity index (χ2v) is 26.3. The van der Waals surface area contributed by atoms with Gasteiger partial charge in [0.2, 0.25) is 0 Å². The number of carbonyl (C=O) groups is 1. The molecule has 0 aliphatic rings. The molecular weight excluding hydrogens is 522 g/mol. The van der Waals surface area contributed by atoms with Gasteiger partial charge in [0.05, 0.1) is 12.2 Å². The number of carbonyl (C=O) groups excluding carboxylic acids is 1. The second kappa shape index (κ2) is 12.0. The van der Waals surface area contributed by atoms with E-state index in [0.29, 0.717) is 17.9 Å². The van der Waals surface area contributed by atoms with Gasteiger partial charge in [0.1, 0.15) is 17.2 Å². The molecule has 0 radical (unpaired) electrons. The van der Waals surface area contributed by atoms with Crippen molar-refractivity contribution >= 4 is 30.7 Å². The maximum absolute atomic E-state index is 12.4. The monoisotopic (exact) mass is 558 g/mol. The summed E-state index contributed by atoms with van der Waals surface area (Å²) in [5, 5.41) is 0. The summed E-state index contributed by atoms with van der Waals surface area (Å²) in [5.41, 5.74) is 1.54. The van der Waals surface area contributed by atoms with Gasteiger partial charge in [-0.1, -0.05) is 19.6 Å². The standard InChI is InChI=1S/C25H37F3O5Si3/c1-34(2,3)19-36(7,33-35(4,5)6)18-8-17-30-21-11-9-20(10-12-21)24(29)31-22-13-15-23(16-14-22)32-25(26,27)28/h9-16H,8,17-19H2,1-7H3. The van der Waals surface area contributed by atoms with Crippen LogP contribution in [-0.4, -0.2) is 43.6 Å². The summed E-state index contributed by atoms with van der Waals surface area (Å²) < 4.78 is 58.4. The van der Waals surface area contributed by atoms with Crippen LogP contribution in [0.3, 0.4) is 0 Å². The van der Waals surface area contributed by atoms with E-state index < -0.39 is 37.0 Å². The van der Waals surface area contributed by atoms with Gasteiger partial charge in [-0.3, -0.25) is 0 Å². The quantitative estimate of drug-likeness (QED) is 0.115. The smallest absolute Gasteiger partial charge is 0.494 e.